The molecule has 0 spiro atoms. The fourth-order valence-corrected chi connectivity index (χ4v) is 9.90. The summed E-state index contributed by atoms with van der Waals surface area (Å²) in [4.78, 5) is 20.3. The van der Waals surface area contributed by atoms with Crippen LogP contribution in [0.1, 0.15) is 0 Å². The summed E-state index contributed by atoms with van der Waals surface area (Å²) >= 11 is 0. The van der Waals surface area contributed by atoms with Crippen LogP contribution < -0.4 is 0 Å². The Hall–Kier alpha value is -9.26. The molecular formula is C62H40N6. The van der Waals surface area contributed by atoms with Crippen LogP contribution in [0, 0.1) is 0 Å². The number of aromatic nitrogens is 6. The summed E-state index contributed by atoms with van der Waals surface area (Å²) in [5.74, 6) is 1.81. The second kappa shape index (κ2) is 16.3. The Labute approximate surface area is 392 Å². The van der Waals surface area contributed by atoms with Crippen LogP contribution in [-0.2, 0) is 0 Å². The normalized spacial score (nSPS) is 11.5. The zero-order valence-electron chi connectivity index (χ0n) is 36.8. The van der Waals surface area contributed by atoms with Crippen LogP contribution in [0.4, 0.5) is 0 Å². The van der Waals surface area contributed by atoms with E-state index in [1.54, 1.807) is 0 Å². The molecule has 0 N–H and O–H groups in total. The minimum Gasteiger partial charge on any atom is -0.309 e. The van der Waals surface area contributed by atoms with Gasteiger partial charge < -0.3 is 9.13 Å². The minimum atomic E-state index is 0.584. The van der Waals surface area contributed by atoms with Gasteiger partial charge in [0.05, 0.1) is 33.4 Å². The second-order valence-electron chi connectivity index (χ2n) is 17.1. The van der Waals surface area contributed by atoms with E-state index in [0.29, 0.717) is 17.5 Å². The average molecular weight is 869 g/mol. The summed E-state index contributed by atoms with van der Waals surface area (Å²) in [6, 6.07) is 81.3. The monoisotopic (exact) mass is 868 g/mol. The van der Waals surface area contributed by atoms with Gasteiger partial charge in [-0.25, -0.2) is 15.0 Å². The molecule has 318 valence electrons. The number of nitrogens with zero attached hydrogens (tertiary/aromatic N) is 6. The summed E-state index contributed by atoms with van der Waals surface area (Å²) in [6.07, 6.45) is 3.91. The van der Waals surface area contributed by atoms with E-state index in [9.17, 15) is 0 Å². The number of pyridine rings is 1. The molecule has 0 unspecified atom stereocenters. The van der Waals surface area contributed by atoms with Gasteiger partial charge >= 0.3 is 0 Å². The molecule has 13 rings (SSSR count). The first-order valence-electron chi connectivity index (χ1n) is 22.9. The van der Waals surface area contributed by atoms with Crippen molar-refractivity contribution in [2.45, 2.75) is 0 Å². The Morgan fingerprint density at radius 2 is 0.676 bits per heavy atom. The van der Waals surface area contributed by atoms with Crippen molar-refractivity contribution in [3.05, 3.63) is 243 Å². The third kappa shape index (κ3) is 6.66. The fraction of sp³-hybridized carbons (Fsp3) is 0. The van der Waals surface area contributed by atoms with E-state index < -0.39 is 0 Å². The molecule has 0 fully saturated rings. The van der Waals surface area contributed by atoms with Gasteiger partial charge in [0.1, 0.15) is 0 Å². The van der Waals surface area contributed by atoms with Gasteiger partial charge in [-0.15, -0.1) is 0 Å². The Morgan fingerprint density at radius 3 is 1.19 bits per heavy atom. The van der Waals surface area contributed by atoms with Crippen molar-refractivity contribution < 1.29 is 0 Å². The quantitative estimate of drug-likeness (QED) is 0.153. The van der Waals surface area contributed by atoms with Crippen molar-refractivity contribution in [1.82, 2.24) is 29.1 Å². The fourth-order valence-electron chi connectivity index (χ4n) is 9.90. The molecule has 0 aliphatic carbocycles. The van der Waals surface area contributed by atoms with E-state index in [1.807, 2.05) is 73.1 Å². The summed E-state index contributed by atoms with van der Waals surface area (Å²) in [7, 11) is 0. The molecule has 68 heavy (non-hydrogen) atoms. The SMILES string of the molecule is c1ccc(-c2ccc3c(c2)c2ccccc2n3-c2ccncc2-c2ccc(-c3nc(-c4ccccc4)nc(-c4ccccc4)n3)cc2-n2c3ccccc3c3cc(-c4ccccc4)ccc32)cc1. The van der Waals surface area contributed by atoms with E-state index in [0.717, 1.165) is 66.6 Å². The summed E-state index contributed by atoms with van der Waals surface area (Å²) < 4.78 is 4.81. The molecule has 4 aromatic heterocycles. The highest BCUT2D eigenvalue weighted by Gasteiger charge is 2.23. The third-order valence-corrected chi connectivity index (χ3v) is 13.1. The van der Waals surface area contributed by atoms with Crippen molar-refractivity contribution in [3.8, 4) is 78.9 Å². The lowest BCUT2D eigenvalue weighted by Gasteiger charge is -2.19. The molecule has 0 bridgehead atoms. The van der Waals surface area contributed by atoms with E-state index in [2.05, 4.69) is 179 Å². The van der Waals surface area contributed by atoms with Gasteiger partial charge in [0, 0.05) is 61.8 Å². The Bertz CT molecular complexity index is 3950. The van der Waals surface area contributed by atoms with Gasteiger partial charge in [0.15, 0.2) is 17.5 Å². The molecule has 6 heteroatoms. The molecule has 13 aromatic rings. The topological polar surface area (TPSA) is 61.4 Å². The van der Waals surface area contributed by atoms with E-state index in [4.69, 9.17) is 19.9 Å². The van der Waals surface area contributed by atoms with Crippen LogP contribution in [0.5, 0.6) is 0 Å². The van der Waals surface area contributed by atoms with Gasteiger partial charge in [-0.05, 0) is 70.8 Å². The number of hydrogen-bond acceptors (Lipinski definition) is 4. The lowest BCUT2D eigenvalue weighted by atomic mass is 9.99. The van der Waals surface area contributed by atoms with Crippen molar-refractivity contribution in [2.75, 3.05) is 0 Å². The van der Waals surface area contributed by atoms with Crippen molar-refractivity contribution >= 4 is 43.6 Å². The zero-order valence-corrected chi connectivity index (χ0v) is 36.8. The van der Waals surface area contributed by atoms with E-state index >= 15 is 0 Å². The average Bonchev–Trinajstić information content (AvgIpc) is 3.93. The van der Waals surface area contributed by atoms with E-state index in [-0.39, 0.29) is 0 Å². The minimum absolute atomic E-state index is 0.584. The van der Waals surface area contributed by atoms with Gasteiger partial charge in [-0.3, -0.25) is 4.98 Å². The molecule has 0 atom stereocenters. The Kier molecular flexibility index (Phi) is 9.39. The molecule has 0 amide bonds. The van der Waals surface area contributed by atoms with Crippen LogP contribution in [0.15, 0.2) is 243 Å². The molecular weight excluding hydrogens is 829 g/mol. The first-order valence-corrected chi connectivity index (χ1v) is 22.9. The molecule has 0 saturated heterocycles. The maximum atomic E-state index is 5.20. The summed E-state index contributed by atoms with van der Waals surface area (Å²) in [5.41, 5.74) is 15.8. The largest absolute Gasteiger partial charge is 0.309 e. The van der Waals surface area contributed by atoms with Gasteiger partial charge in [0.25, 0.3) is 0 Å². The first-order chi connectivity index (χ1) is 33.7. The molecule has 4 heterocycles. The van der Waals surface area contributed by atoms with Crippen LogP contribution in [0.3, 0.4) is 0 Å². The van der Waals surface area contributed by atoms with E-state index in [1.165, 1.54) is 38.4 Å². The molecule has 0 aliphatic heterocycles. The van der Waals surface area contributed by atoms with Crippen molar-refractivity contribution in [1.29, 1.82) is 0 Å². The van der Waals surface area contributed by atoms with Crippen molar-refractivity contribution in [3.63, 3.8) is 0 Å². The highest BCUT2D eigenvalue weighted by atomic mass is 15.0. The lowest BCUT2D eigenvalue weighted by molar-refractivity contribution is 1.07. The number of para-hydroxylation sites is 2. The van der Waals surface area contributed by atoms with Crippen LogP contribution in [0.25, 0.3) is 123 Å². The predicted molar refractivity (Wildman–Crippen MR) is 279 cm³/mol. The standard InChI is InChI=1S/C62H40N6/c1-5-17-41(18-6-1)45-30-33-56-51(37-45)48-25-13-15-27-54(48)67(56)58-35-36-63-40-53(58)50-32-29-47(62-65-60(43-21-9-3-10-22-43)64-61(66-62)44-23-11-4-12-24-44)39-59(50)68-55-28-16-14-26-49(55)52-38-46(31-34-57(52)68)42-19-7-2-8-20-42/h1-40H. The van der Waals surface area contributed by atoms with Crippen molar-refractivity contribution in [2.24, 2.45) is 0 Å². The molecule has 0 aliphatic rings. The number of benzene rings is 9. The third-order valence-electron chi connectivity index (χ3n) is 13.1. The maximum Gasteiger partial charge on any atom is 0.164 e. The molecule has 0 radical (unpaired) electrons. The number of rotatable bonds is 8. The van der Waals surface area contributed by atoms with Crippen LogP contribution >= 0.6 is 0 Å². The number of fused-ring (bicyclic) bond motifs is 6. The zero-order chi connectivity index (χ0) is 45.0. The van der Waals surface area contributed by atoms with Gasteiger partial charge in [-0.1, -0.05) is 182 Å². The highest BCUT2D eigenvalue weighted by Crippen LogP contribution is 2.43. The lowest BCUT2D eigenvalue weighted by Crippen LogP contribution is -2.04. The van der Waals surface area contributed by atoms with Gasteiger partial charge in [0.2, 0.25) is 0 Å². The Balaban J connectivity index is 1.08. The molecule has 6 nitrogen and oxygen atoms in total. The molecule has 0 saturated carbocycles. The smallest absolute Gasteiger partial charge is 0.164 e. The van der Waals surface area contributed by atoms with Crippen LogP contribution in [-0.4, -0.2) is 29.1 Å². The predicted octanol–water partition coefficient (Wildman–Crippen LogP) is 15.5. The first kappa shape index (κ1) is 39.1. The second-order valence-corrected chi connectivity index (χ2v) is 17.1. The summed E-state index contributed by atoms with van der Waals surface area (Å²) in [5, 5.41) is 4.71. The van der Waals surface area contributed by atoms with Crippen LogP contribution in [0.2, 0.25) is 0 Å². The molecule has 9 aromatic carbocycles. The summed E-state index contributed by atoms with van der Waals surface area (Å²) in [6.45, 7) is 0. The maximum absolute atomic E-state index is 5.20. The van der Waals surface area contributed by atoms with Gasteiger partial charge in [-0.2, -0.15) is 0 Å². The highest BCUT2D eigenvalue weighted by molar-refractivity contribution is 6.13. The number of hydrogen-bond donors (Lipinski definition) is 0. The Morgan fingerprint density at radius 1 is 0.265 bits per heavy atom.